The van der Waals surface area contributed by atoms with Crippen LogP contribution in [0.1, 0.15) is 49.8 Å². The number of carbonyl (C=O) groups is 1. The van der Waals surface area contributed by atoms with Gasteiger partial charge in [-0.3, -0.25) is 9.69 Å². The topological polar surface area (TPSA) is 53.7 Å². The fourth-order valence-electron chi connectivity index (χ4n) is 6.96. The molecule has 4 saturated carbocycles. The summed E-state index contributed by atoms with van der Waals surface area (Å²) in [6.45, 7) is 0.0745. The van der Waals surface area contributed by atoms with Crippen molar-refractivity contribution in [3.63, 3.8) is 0 Å². The van der Waals surface area contributed by atoms with Crippen molar-refractivity contribution in [2.75, 3.05) is 6.61 Å². The second-order valence-corrected chi connectivity index (χ2v) is 12.0. The van der Waals surface area contributed by atoms with Crippen molar-refractivity contribution in [1.29, 1.82) is 0 Å². The summed E-state index contributed by atoms with van der Waals surface area (Å²) in [5, 5.41) is 9.34. The lowest BCUT2D eigenvalue weighted by molar-refractivity contribution is -0.130. The number of hydrogen-bond acceptors (Lipinski definition) is 5. The van der Waals surface area contributed by atoms with Crippen LogP contribution in [-0.2, 0) is 11.2 Å². The predicted molar refractivity (Wildman–Crippen MR) is 135 cm³/mol. The van der Waals surface area contributed by atoms with Gasteiger partial charge in [0.2, 0.25) is 0 Å². The molecule has 0 unspecified atom stereocenters. The zero-order valence-electron chi connectivity index (χ0n) is 18.9. The van der Waals surface area contributed by atoms with E-state index in [1.54, 1.807) is 12.1 Å². The van der Waals surface area contributed by atoms with E-state index in [4.69, 9.17) is 16.6 Å². The average Bonchev–Trinajstić information content (AvgIpc) is 3.33. The number of aliphatic hydroxyl groups is 1. The van der Waals surface area contributed by atoms with E-state index in [0.29, 0.717) is 45.4 Å². The van der Waals surface area contributed by atoms with Crippen LogP contribution < -0.4 is 0 Å². The fourth-order valence-corrected chi connectivity index (χ4v) is 8.28. The molecule has 5 fully saturated rings. The maximum atomic E-state index is 13.6. The maximum absolute atomic E-state index is 13.6. The van der Waals surface area contributed by atoms with Gasteiger partial charge in [-0.25, -0.2) is 4.39 Å². The SMILES string of the molecule is O=C1/C(=C/c2oc(-c3ccc(F)cc3)cc2CCCO)SC(=S)N1C1C2CC3CC(C2)CC1C3. The highest BCUT2D eigenvalue weighted by Gasteiger charge is 2.53. The Morgan fingerprint density at radius 3 is 2.44 bits per heavy atom. The minimum atomic E-state index is -0.301. The van der Waals surface area contributed by atoms with Crippen LogP contribution in [0.5, 0.6) is 0 Å². The molecule has 4 bridgehead atoms. The normalized spacial score (nSPS) is 31.3. The third-order valence-electron chi connectivity index (χ3n) is 8.14. The summed E-state index contributed by atoms with van der Waals surface area (Å²) < 4.78 is 20.2. The number of aliphatic hydroxyl groups excluding tert-OH is 1. The molecule has 1 saturated heterocycles. The molecule has 4 nitrogen and oxygen atoms in total. The largest absolute Gasteiger partial charge is 0.456 e. The Morgan fingerprint density at radius 2 is 1.79 bits per heavy atom. The van der Waals surface area contributed by atoms with Gasteiger partial charge in [-0.1, -0.05) is 24.0 Å². The highest BCUT2D eigenvalue weighted by molar-refractivity contribution is 8.26. The van der Waals surface area contributed by atoms with Crippen molar-refractivity contribution >= 4 is 40.3 Å². The summed E-state index contributed by atoms with van der Waals surface area (Å²) in [6.07, 6.45) is 9.35. The molecule has 34 heavy (non-hydrogen) atoms. The van der Waals surface area contributed by atoms with Crippen LogP contribution >= 0.6 is 24.0 Å². The minimum Gasteiger partial charge on any atom is -0.456 e. The van der Waals surface area contributed by atoms with Gasteiger partial charge in [-0.15, -0.1) is 0 Å². The van der Waals surface area contributed by atoms with Crippen LogP contribution in [-0.4, -0.2) is 32.9 Å². The van der Waals surface area contributed by atoms with Crippen molar-refractivity contribution in [3.05, 3.63) is 52.4 Å². The van der Waals surface area contributed by atoms with Gasteiger partial charge in [0.1, 0.15) is 21.7 Å². The zero-order chi connectivity index (χ0) is 23.4. The summed E-state index contributed by atoms with van der Waals surface area (Å²) in [7, 11) is 0. The second-order valence-electron chi connectivity index (χ2n) is 10.3. The number of furan rings is 1. The van der Waals surface area contributed by atoms with E-state index in [0.717, 1.165) is 23.0 Å². The molecule has 1 aromatic heterocycles. The summed E-state index contributed by atoms with van der Waals surface area (Å²) in [4.78, 5) is 16.1. The standard InChI is InChI=1S/C27H28FNO3S2/c28-21-5-3-17(4-6-21)22-13-18(2-1-7-30)23(32-22)14-24-26(31)29(27(33)34-24)25-19-9-15-8-16(11-19)12-20(25)10-15/h3-6,13-16,19-20,25,30H,1-2,7-12H2/b24-14-. The maximum Gasteiger partial charge on any atom is 0.266 e. The Morgan fingerprint density at radius 1 is 1.12 bits per heavy atom. The summed E-state index contributed by atoms with van der Waals surface area (Å²) >= 11 is 7.11. The highest BCUT2D eigenvalue weighted by Crippen LogP contribution is 2.56. The number of thiocarbonyl (C=S) groups is 1. The number of hydrogen-bond donors (Lipinski definition) is 1. The summed E-state index contributed by atoms with van der Waals surface area (Å²) in [5.74, 6) is 3.77. The Labute approximate surface area is 208 Å². The zero-order valence-corrected chi connectivity index (χ0v) is 20.5. The molecule has 1 aromatic carbocycles. The molecule has 0 atom stereocenters. The number of benzene rings is 1. The molecule has 178 valence electrons. The molecule has 4 aliphatic carbocycles. The Bertz CT molecular complexity index is 1130. The van der Waals surface area contributed by atoms with Gasteiger partial charge in [0.05, 0.1) is 4.91 Å². The molecule has 1 N–H and O–H groups in total. The van der Waals surface area contributed by atoms with Gasteiger partial charge in [-0.2, -0.15) is 0 Å². The monoisotopic (exact) mass is 497 g/mol. The first-order chi connectivity index (χ1) is 16.5. The van der Waals surface area contributed by atoms with E-state index >= 15 is 0 Å². The quantitative estimate of drug-likeness (QED) is 0.390. The molecule has 7 heteroatoms. The van der Waals surface area contributed by atoms with Crippen LogP contribution in [0, 0.1) is 29.5 Å². The van der Waals surface area contributed by atoms with Crippen molar-refractivity contribution in [2.45, 2.75) is 51.0 Å². The highest BCUT2D eigenvalue weighted by atomic mass is 32.2. The lowest BCUT2D eigenvalue weighted by atomic mass is 9.54. The van der Waals surface area contributed by atoms with Crippen molar-refractivity contribution in [1.82, 2.24) is 4.90 Å². The van der Waals surface area contributed by atoms with Gasteiger partial charge in [0.15, 0.2) is 0 Å². The molecular weight excluding hydrogens is 469 g/mol. The number of aryl methyl sites for hydroxylation is 1. The lowest BCUT2D eigenvalue weighted by Crippen LogP contribution is -2.57. The lowest BCUT2D eigenvalue weighted by Gasteiger charge is -2.56. The van der Waals surface area contributed by atoms with Crippen molar-refractivity contribution in [2.24, 2.45) is 23.7 Å². The summed E-state index contributed by atoms with van der Waals surface area (Å²) in [5.41, 5.74) is 1.70. The van der Waals surface area contributed by atoms with Crippen LogP contribution in [0.3, 0.4) is 0 Å². The van der Waals surface area contributed by atoms with E-state index < -0.39 is 0 Å². The van der Waals surface area contributed by atoms with E-state index in [2.05, 4.69) is 0 Å². The average molecular weight is 498 g/mol. The van der Waals surface area contributed by atoms with E-state index in [1.807, 2.05) is 17.0 Å². The smallest absolute Gasteiger partial charge is 0.266 e. The molecule has 0 radical (unpaired) electrons. The van der Waals surface area contributed by atoms with Crippen LogP contribution in [0.25, 0.3) is 17.4 Å². The van der Waals surface area contributed by atoms with E-state index in [9.17, 15) is 14.3 Å². The molecule has 0 spiro atoms. The molecule has 1 aliphatic heterocycles. The van der Waals surface area contributed by atoms with Crippen LogP contribution in [0.4, 0.5) is 4.39 Å². The number of thioether (sulfide) groups is 1. The Hall–Kier alpha value is -1.96. The van der Waals surface area contributed by atoms with Crippen molar-refractivity contribution < 1.29 is 18.7 Å². The first-order valence-corrected chi connectivity index (χ1v) is 13.5. The Balaban J connectivity index is 1.30. The number of amides is 1. The Kier molecular flexibility index (Phi) is 5.90. The van der Waals surface area contributed by atoms with E-state index in [1.165, 1.54) is 56.0 Å². The number of halogens is 1. The second kappa shape index (κ2) is 8.92. The van der Waals surface area contributed by atoms with Gasteiger partial charge in [-0.05, 0) is 105 Å². The van der Waals surface area contributed by atoms with Crippen molar-refractivity contribution in [3.8, 4) is 11.3 Å². The molecule has 1 amide bonds. The third kappa shape index (κ3) is 3.95. The number of rotatable bonds is 6. The van der Waals surface area contributed by atoms with E-state index in [-0.39, 0.29) is 24.4 Å². The summed E-state index contributed by atoms with van der Waals surface area (Å²) in [6, 6.07) is 8.33. The first-order valence-electron chi connectivity index (χ1n) is 12.3. The van der Waals surface area contributed by atoms with Gasteiger partial charge >= 0.3 is 0 Å². The van der Waals surface area contributed by atoms with Crippen LogP contribution in [0.15, 0.2) is 39.7 Å². The van der Waals surface area contributed by atoms with Gasteiger partial charge in [0.25, 0.3) is 5.91 Å². The molecule has 2 heterocycles. The fraction of sp³-hybridized carbons (Fsp3) is 0.481. The van der Waals surface area contributed by atoms with Crippen LogP contribution in [0.2, 0.25) is 0 Å². The predicted octanol–water partition coefficient (Wildman–Crippen LogP) is 6.04. The molecule has 7 rings (SSSR count). The number of nitrogens with zero attached hydrogens (tertiary/aromatic N) is 1. The number of carbonyl (C=O) groups excluding carboxylic acids is 1. The van der Waals surface area contributed by atoms with Gasteiger partial charge < -0.3 is 9.52 Å². The van der Waals surface area contributed by atoms with Gasteiger partial charge in [0, 0.05) is 24.3 Å². The molecule has 2 aromatic rings. The molecular formula is C27H28FNO3S2. The molecule has 5 aliphatic rings. The first kappa shape index (κ1) is 22.5. The third-order valence-corrected chi connectivity index (χ3v) is 9.47. The minimum absolute atomic E-state index is 0.000291.